The third-order valence-corrected chi connectivity index (χ3v) is 7.91. The van der Waals surface area contributed by atoms with Crippen LogP contribution in [0.3, 0.4) is 0 Å². The van der Waals surface area contributed by atoms with E-state index < -0.39 is 33.4 Å². The van der Waals surface area contributed by atoms with E-state index in [-0.39, 0.29) is 27.9 Å². The van der Waals surface area contributed by atoms with Gasteiger partial charge in [0.1, 0.15) is 14.8 Å². The number of thiazole rings is 1. The smallest absolute Gasteiger partial charge is 0.383 e. The summed E-state index contributed by atoms with van der Waals surface area (Å²) >= 11 is 1.00. The molecule has 7 nitrogen and oxygen atoms in total. The summed E-state index contributed by atoms with van der Waals surface area (Å²) in [6, 6.07) is 0. The summed E-state index contributed by atoms with van der Waals surface area (Å²) in [5.41, 5.74) is 0.297. The molecule has 0 radical (unpaired) electrons. The maximum atomic E-state index is 13.3. The van der Waals surface area contributed by atoms with Crippen LogP contribution in [-0.4, -0.2) is 24.3 Å². The molecule has 2 atom stereocenters. The number of halogens is 3. The van der Waals surface area contributed by atoms with Crippen molar-refractivity contribution in [1.29, 1.82) is 0 Å². The highest BCUT2D eigenvalue weighted by Gasteiger charge is 2.38. The van der Waals surface area contributed by atoms with Gasteiger partial charge >= 0.3 is 6.18 Å². The SMILES string of the molecule is CC(C)c1nc(C(F)(F)F)nc2c1CC(N=S(N)(=O)c1cnc(C(C)(C)O)s1)=CC2C. The number of nitrogens with two attached hydrogens (primary N) is 1. The molecule has 3 N–H and O–H groups in total. The summed E-state index contributed by atoms with van der Waals surface area (Å²) in [6.45, 7) is 8.31. The maximum absolute atomic E-state index is 13.3. The molecule has 3 rings (SSSR count). The van der Waals surface area contributed by atoms with Gasteiger partial charge in [-0.05, 0) is 19.8 Å². The first kappa shape index (κ1) is 23.8. The van der Waals surface area contributed by atoms with E-state index in [0.29, 0.717) is 16.3 Å². The molecule has 2 aromatic heterocycles. The number of hydrogen-bond acceptors (Lipinski definition) is 7. The van der Waals surface area contributed by atoms with Gasteiger partial charge in [0.15, 0.2) is 9.92 Å². The summed E-state index contributed by atoms with van der Waals surface area (Å²) < 4.78 is 57.3. The average molecular weight is 476 g/mol. The van der Waals surface area contributed by atoms with Crippen LogP contribution in [0.15, 0.2) is 26.5 Å². The van der Waals surface area contributed by atoms with E-state index in [1.54, 1.807) is 40.7 Å². The van der Waals surface area contributed by atoms with E-state index >= 15 is 0 Å². The first-order chi connectivity index (χ1) is 14.1. The molecule has 0 spiro atoms. The van der Waals surface area contributed by atoms with Crippen molar-refractivity contribution in [3.05, 3.63) is 45.8 Å². The lowest BCUT2D eigenvalue weighted by molar-refractivity contribution is -0.145. The number of rotatable bonds is 4. The summed E-state index contributed by atoms with van der Waals surface area (Å²) in [6.07, 6.45) is -1.59. The molecule has 31 heavy (non-hydrogen) atoms. The first-order valence-corrected chi connectivity index (χ1v) is 11.9. The van der Waals surface area contributed by atoms with Crippen molar-refractivity contribution in [3.8, 4) is 0 Å². The molecule has 0 saturated heterocycles. The molecule has 1 aliphatic carbocycles. The van der Waals surface area contributed by atoms with Crippen molar-refractivity contribution in [2.45, 2.75) is 68.9 Å². The third kappa shape index (κ3) is 4.97. The van der Waals surface area contributed by atoms with Crippen molar-refractivity contribution >= 4 is 21.3 Å². The average Bonchev–Trinajstić information content (AvgIpc) is 3.11. The number of nitrogens with zero attached hydrogens (tertiary/aromatic N) is 4. The fourth-order valence-corrected chi connectivity index (χ4v) is 5.49. The highest BCUT2D eigenvalue weighted by atomic mass is 32.2. The molecule has 0 saturated carbocycles. The summed E-state index contributed by atoms with van der Waals surface area (Å²) in [7, 11) is -3.36. The number of alkyl halides is 3. The zero-order valence-electron chi connectivity index (χ0n) is 17.7. The van der Waals surface area contributed by atoms with Gasteiger partial charge in [-0.3, -0.25) is 0 Å². The minimum Gasteiger partial charge on any atom is -0.383 e. The van der Waals surface area contributed by atoms with Gasteiger partial charge in [-0.15, -0.1) is 11.3 Å². The molecule has 0 aliphatic heterocycles. The number of fused-ring (bicyclic) bond motifs is 1. The van der Waals surface area contributed by atoms with Gasteiger partial charge in [-0.25, -0.2) is 24.3 Å². The Hall–Kier alpha value is -1.89. The molecule has 0 bridgehead atoms. The highest BCUT2D eigenvalue weighted by Crippen LogP contribution is 2.37. The molecule has 1 aliphatic rings. The van der Waals surface area contributed by atoms with Gasteiger partial charge < -0.3 is 5.11 Å². The fourth-order valence-electron chi connectivity index (χ4n) is 3.25. The van der Waals surface area contributed by atoms with Gasteiger partial charge in [0.2, 0.25) is 5.82 Å². The third-order valence-electron chi connectivity index (χ3n) is 4.65. The molecule has 2 unspecified atom stereocenters. The maximum Gasteiger partial charge on any atom is 0.451 e. The Kier molecular flexibility index (Phi) is 6.06. The molecule has 2 aromatic rings. The second-order valence-electron chi connectivity index (χ2n) is 8.28. The van der Waals surface area contributed by atoms with Crippen LogP contribution < -0.4 is 5.14 Å². The zero-order chi connectivity index (χ0) is 23.4. The van der Waals surface area contributed by atoms with E-state index in [1.165, 1.54) is 6.20 Å². The van der Waals surface area contributed by atoms with Crippen LogP contribution in [-0.2, 0) is 28.1 Å². The molecule has 0 amide bonds. The van der Waals surface area contributed by atoms with Crippen LogP contribution in [0, 0.1) is 0 Å². The second-order valence-corrected chi connectivity index (χ2v) is 11.3. The normalized spacial score (nSPS) is 19.1. The molecule has 2 heterocycles. The highest BCUT2D eigenvalue weighted by molar-refractivity contribution is 7.93. The Morgan fingerprint density at radius 1 is 1.32 bits per heavy atom. The molecule has 12 heteroatoms. The van der Waals surface area contributed by atoms with Crippen molar-refractivity contribution in [1.82, 2.24) is 15.0 Å². The topological polar surface area (TPSA) is 114 Å². The first-order valence-electron chi connectivity index (χ1n) is 9.51. The number of hydrogen-bond donors (Lipinski definition) is 2. The van der Waals surface area contributed by atoms with Gasteiger partial charge in [0, 0.05) is 17.9 Å². The Morgan fingerprint density at radius 3 is 2.48 bits per heavy atom. The lowest BCUT2D eigenvalue weighted by atomic mass is 9.88. The van der Waals surface area contributed by atoms with Crippen LogP contribution in [0.1, 0.15) is 74.2 Å². The van der Waals surface area contributed by atoms with Gasteiger partial charge in [-0.2, -0.15) is 17.5 Å². The lowest BCUT2D eigenvalue weighted by Crippen LogP contribution is -2.21. The number of aliphatic hydroxyl groups is 1. The van der Waals surface area contributed by atoms with Crippen LogP contribution in [0.5, 0.6) is 0 Å². The predicted molar refractivity (Wildman–Crippen MR) is 112 cm³/mol. The monoisotopic (exact) mass is 475 g/mol. The van der Waals surface area contributed by atoms with E-state index in [1.807, 2.05) is 0 Å². The van der Waals surface area contributed by atoms with E-state index in [9.17, 15) is 22.5 Å². The van der Waals surface area contributed by atoms with Gasteiger partial charge in [0.25, 0.3) is 0 Å². The van der Waals surface area contributed by atoms with E-state index in [4.69, 9.17) is 5.14 Å². The van der Waals surface area contributed by atoms with Crippen molar-refractivity contribution in [2.24, 2.45) is 9.50 Å². The Morgan fingerprint density at radius 2 is 1.97 bits per heavy atom. The number of allylic oxidation sites excluding steroid dienone is 2. The Labute approximate surface area is 183 Å². The zero-order valence-corrected chi connectivity index (χ0v) is 19.3. The molecular weight excluding hydrogens is 451 g/mol. The Balaban J connectivity index is 2.06. The lowest BCUT2D eigenvalue weighted by Gasteiger charge is -2.24. The standard InChI is InChI=1S/C19H24F3N5O2S2/c1-9(2)14-12-7-11(6-10(3)15(12)26-16(25-14)19(20,21)22)27-31(23,29)13-8-24-17(30-13)18(4,5)28/h6,8-10,28H,7H2,1-5H3,(H2,23,27,29). The van der Waals surface area contributed by atoms with Crippen molar-refractivity contribution in [3.63, 3.8) is 0 Å². The summed E-state index contributed by atoms with van der Waals surface area (Å²) in [5.74, 6) is -1.93. The van der Waals surface area contributed by atoms with Crippen molar-refractivity contribution in [2.75, 3.05) is 0 Å². The van der Waals surface area contributed by atoms with E-state index in [0.717, 1.165) is 11.3 Å². The van der Waals surface area contributed by atoms with Crippen LogP contribution in [0.25, 0.3) is 0 Å². The van der Waals surface area contributed by atoms with Gasteiger partial charge in [-0.1, -0.05) is 26.8 Å². The summed E-state index contributed by atoms with van der Waals surface area (Å²) in [4.78, 5) is 11.6. The fraction of sp³-hybridized carbons (Fsp3) is 0.526. The predicted octanol–water partition coefficient (Wildman–Crippen LogP) is 4.25. The number of aromatic nitrogens is 3. The molecule has 0 aromatic carbocycles. The largest absolute Gasteiger partial charge is 0.451 e. The minimum absolute atomic E-state index is 0.122. The second kappa shape index (κ2) is 7.91. The van der Waals surface area contributed by atoms with Crippen LogP contribution in [0.4, 0.5) is 13.2 Å². The van der Waals surface area contributed by atoms with Crippen molar-refractivity contribution < 1.29 is 22.5 Å². The van der Waals surface area contributed by atoms with E-state index in [2.05, 4.69) is 19.3 Å². The van der Waals surface area contributed by atoms with Gasteiger partial charge in [0.05, 0.1) is 23.3 Å². The molecular formula is C19H24F3N5O2S2. The molecule has 170 valence electrons. The van der Waals surface area contributed by atoms with Crippen LogP contribution in [0.2, 0.25) is 0 Å². The van der Waals surface area contributed by atoms with Crippen LogP contribution >= 0.6 is 11.3 Å². The minimum atomic E-state index is -4.65. The quantitative estimate of drug-likeness (QED) is 0.686. The molecule has 0 fully saturated rings. The summed E-state index contributed by atoms with van der Waals surface area (Å²) in [5, 5.41) is 16.4. The Bertz CT molecular complexity index is 1160.